The lowest BCUT2D eigenvalue weighted by molar-refractivity contribution is 0.184. The van der Waals surface area contributed by atoms with Crippen molar-refractivity contribution in [3.63, 3.8) is 0 Å². The van der Waals surface area contributed by atoms with Gasteiger partial charge >= 0.3 is 0 Å². The molecule has 0 saturated carbocycles. The maximum Gasteiger partial charge on any atom is 0.189 e. The Labute approximate surface area is 163 Å². The van der Waals surface area contributed by atoms with Crippen molar-refractivity contribution in [3.05, 3.63) is 90.5 Å². The van der Waals surface area contributed by atoms with Gasteiger partial charge in [-0.25, -0.2) is 4.67 Å². The standard InChI is InChI=1S/C24H28NOP/c1-23(2,3)25-22(19-13-7-5-8-14-19)21-17-11-12-18-24(21,4)27(25,26)20-15-9-6-10-16-20/h5-18,21-22H,1-4H3/t21-,22-,24+,27-/m1/s1. The number of hydrogen-bond donors (Lipinski definition) is 0. The second kappa shape index (κ2) is 6.33. The second-order valence-electron chi connectivity index (χ2n) is 8.78. The van der Waals surface area contributed by atoms with Crippen LogP contribution in [0.15, 0.2) is 85.0 Å². The first kappa shape index (κ1) is 18.5. The van der Waals surface area contributed by atoms with Crippen LogP contribution < -0.4 is 5.30 Å². The van der Waals surface area contributed by atoms with Crippen LogP contribution in [0.4, 0.5) is 0 Å². The molecule has 3 heteroatoms. The van der Waals surface area contributed by atoms with Crippen LogP contribution in [-0.2, 0) is 4.57 Å². The van der Waals surface area contributed by atoms with Gasteiger partial charge in [-0.2, -0.15) is 0 Å². The van der Waals surface area contributed by atoms with E-state index in [1.807, 2.05) is 36.4 Å². The molecule has 0 radical (unpaired) electrons. The van der Waals surface area contributed by atoms with Crippen LogP contribution in [0, 0.1) is 5.92 Å². The minimum Gasteiger partial charge on any atom is -0.300 e. The molecule has 2 nitrogen and oxygen atoms in total. The highest BCUT2D eigenvalue weighted by Gasteiger charge is 2.65. The summed E-state index contributed by atoms with van der Waals surface area (Å²) in [5.74, 6) is 0.162. The molecule has 0 bridgehead atoms. The Balaban J connectivity index is 2.04. The summed E-state index contributed by atoms with van der Waals surface area (Å²) in [4.78, 5) is 0. The first-order valence-electron chi connectivity index (χ1n) is 9.67. The number of fused-ring (bicyclic) bond motifs is 1. The van der Waals surface area contributed by atoms with Gasteiger partial charge in [-0.15, -0.1) is 0 Å². The van der Waals surface area contributed by atoms with Gasteiger partial charge in [0.2, 0.25) is 0 Å². The third-order valence-electron chi connectivity index (χ3n) is 6.03. The van der Waals surface area contributed by atoms with Crippen LogP contribution >= 0.6 is 7.29 Å². The largest absolute Gasteiger partial charge is 0.300 e. The lowest BCUT2D eigenvalue weighted by Gasteiger charge is -2.43. The van der Waals surface area contributed by atoms with Crippen LogP contribution in [0.25, 0.3) is 0 Å². The Morgan fingerprint density at radius 1 is 0.926 bits per heavy atom. The average molecular weight is 377 g/mol. The zero-order chi connectivity index (χ0) is 19.3. The van der Waals surface area contributed by atoms with Gasteiger partial charge in [0, 0.05) is 22.8 Å². The summed E-state index contributed by atoms with van der Waals surface area (Å²) in [5.41, 5.74) is 0.991. The van der Waals surface area contributed by atoms with Crippen molar-refractivity contribution in [1.82, 2.24) is 4.67 Å². The van der Waals surface area contributed by atoms with Crippen molar-refractivity contribution >= 4 is 12.6 Å². The van der Waals surface area contributed by atoms with Gasteiger partial charge in [-0.05, 0) is 33.3 Å². The molecule has 4 atom stereocenters. The number of rotatable bonds is 2. The Hall–Kier alpha value is -1.89. The van der Waals surface area contributed by atoms with Gasteiger partial charge in [-0.3, -0.25) is 0 Å². The van der Waals surface area contributed by atoms with Crippen molar-refractivity contribution in [2.24, 2.45) is 5.92 Å². The van der Waals surface area contributed by atoms with Crippen LogP contribution in [0.3, 0.4) is 0 Å². The lowest BCUT2D eigenvalue weighted by Crippen LogP contribution is -2.41. The Morgan fingerprint density at radius 2 is 1.52 bits per heavy atom. The van der Waals surface area contributed by atoms with Gasteiger partial charge < -0.3 is 4.57 Å². The summed E-state index contributed by atoms with van der Waals surface area (Å²) < 4.78 is 17.4. The summed E-state index contributed by atoms with van der Waals surface area (Å²) >= 11 is 0. The summed E-state index contributed by atoms with van der Waals surface area (Å²) in [7, 11) is -2.92. The number of benzene rings is 2. The average Bonchev–Trinajstić information content (AvgIpc) is 2.89. The third kappa shape index (κ3) is 2.62. The molecule has 0 amide bonds. The van der Waals surface area contributed by atoms with E-state index < -0.39 is 12.4 Å². The van der Waals surface area contributed by atoms with Crippen molar-refractivity contribution < 1.29 is 4.57 Å². The third-order valence-corrected chi connectivity index (χ3v) is 10.2. The molecule has 1 fully saturated rings. The molecular weight excluding hydrogens is 349 g/mol. The zero-order valence-corrected chi connectivity index (χ0v) is 17.4. The van der Waals surface area contributed by atoms with Gasteiger partial charge in [0.15, 0.2) is 7.29 Å². The smallest absolute Gasteiger partial charge is 0.189 e. The van der Waals surface area contributed by atoms with Crippen molar-refractivity contribution in [2.45, 2.75) is 44.4 Å². The predicted molar refractivity (Wildman–Crippen MR) is 115 cm³/mol. The Bertz CT molecular complexity index is 926. The van der Waals surface area contributed by atoms with E-state index in [2.05, 4.69) is 80.9 Å². The van der Waals surface area contributed by atoms with Crippen LogP contribution in [0.1, 0.15) is 39.3 Å². The molecule has 0 spiro atoms. The van der Waals surface area contributed by atoms with Crippen molar-refractivity contribution in [2.75, 3.05) is 0 Å². The van der Waals surface area contributed by atoms with Gasteiger partial charge in [0.25, 0.3) is 0 Å². The maximum absolute atomic E-state index is 15.1. The lowest BCUT2D eigenvalue weighted by atomic mass is 9.80. The highest BCUT2D eigenvalue weighted by molar-refractivity contribution is 7.71. The Morgan fingerprint density at radius 3 is 2.11 bits per heavy atom. The monoisotopic (exact) mass is 377 g/mol. The quantitative estimate of drug-likeness (QED) is 0.603. The minimum absolute atomic E-state index is 0.0726. The minimum atomic E-state index is -2.92. The molecule has 1 aliphatic carbocycles. The van der Waals surface area contributed by atoms with Gasteiger partial charge in [0.1, 0.15) is 0 Å². The van der Waals surface area contributed by atoms with E-state index in [4.69, 9.17) is 0 Å². The second-order valence-corrected chi connectivity index (χ2v) is 11.8. The molecule has 1 heterocycles. The fraction of sp³-hybridized carbons (Fsp3) is 0.333. The van der Waals surface area contributed by atoms with E-state index in [-0.39, 0.29) is 17.5 Å². The molecule has 1 saturated heterocycles. The van der Waals surface area contributed by atoms with Crippen LogP contribution in [0.2, 0.25) is 0 Å². The van der Waals surface area contributed by atoms with E-state index >= 15 is 4.57 Å². The predicted octanol–water partition coefficient (Wildman–Crippen LogP) is 5.95. The summed E-state index contributed by atoms with van der Waals surface area (Å²) in [6.07, 6.45) is 8.64. The SMILES string of the molecule is CC(C)(C)N1[C@H](c2ccccc2)[C@H]2C=CC=C[C@]2(C)[P@]1(=O)c1ccccc1. The number of nitrogens with zero attached hydrogens (tertiary/aromatic N) is 1. The summed E-state index contributed by atoms with van der Waals surface area (Å²) in [6, 6.07) is 20.7. The summed E-state index contributed by atoms with van der Waals surface area (Å²) in [5, 5.41) is 0.516. The Kier molecular flexibility index (Phi) is 4.33. The zero-order valence-electron chi connectivity index (χ0n) is 16.5. The molecule has 0 aromatic heterocycles. The van der Waals surface area contributed by atoms with Crippen LogP contribution in [0.5, 0.6) is 0 Å². The fourth-order valence-electron chi connectivity index (χ4n) is 4.90. The van der Waals surface area contributed by atoms with Gasteiger partial charge in [-0.1, -0.05) is 85.0 Å². The molecule has 0 N–H and O–H groups in total. The van der Waals surface area contributed by atoms with Crippen molar-refractivity contribution in [3.8, 4) is 0 Å². The first-order valence-corrected chi connectivity index (χ1v) is 11.3. The molecule has 4 rings (SSSR count). The van der Waals surface area contributed by atoms with Crippen LogP contribution in [-0.4, -0.2) is 15.4 Å². The first-order chi connectivity index (χ1) is 12.8. The molecule has 140 valence electrons. The number of allylic oxidation sites excluding steroid dienone is 3. The molecule has 1 aliphatic heterocycles. The fourth-order valence-corrected chi connectivity index (χ4v) is 9.14. The summed E-state index contributed by atoms with van der Waals surface area (Å²) in [6.45, 7) is 8.75. The van der Waals surface area contributed by atoms with E-state index in [0.717, 1.165) is 5.30 Å². The van der Waals surface area contributed by atoms with E-state index in [0.29, 0.717) is 0 Å². The van der Waals surface area contributed by atoms with Crippen molar-refractivity contribution in [1.29, 1.82) is 0 Å². The number of hydrogen-bond acceptors (Lipinski definition) is 1. The molecule has 2 aromatic carbocycles. The topological polar surface area (TPSA) is 20.3 Å². The molecule has 2 aliphatic rings. The maximum atomic E-state index is 15.1. The molecule has 27 heavy (non-hydrogen) atoms. The van der Waals surface area contributed by atoms with E-state index in [1.54, 1.807) is 0 Å². The molecule has 2 aromatic rings. The highest BCUT2D eigenvalue weighted by Crippen LogP contribution is 2.76. The van der Waals surface area contributed by atoms with E-state index in [1.165, 1.54) is 5.56 Å². The highest BCUT2D eigenvalue weighted by atomic mass is 31.2. The van der Waals surface area contributed by atoms with E-state index in [9.17, 15) is 0 Å². The molecular formula is C24H28NOP. The normalized spacial score (nSPS) is 33.2. The van der Waals surface area contributed by atoms with Gasteiger partial charge in [0.05, 0.1) is 5.16 Å². The molecule has 0 unspecified atom stereocenters.